The maximum atomic E-state index is 12.6. The van der Waals surface area contributed by atoms with E-state index in [1.165, 1.54) is 0 Å². The van der Waals surface area contributed by atoms with Gasteiger partial charge in [-0.25, -0.2) is 22.7 Å². The van der Waals surface area contributed by atoms with Gasteiger partial charge in [-0.3, -0.25) is 0 Å². The number of halogens is 1. The van der Waals surface area contributed by atoms with Crippen LogP contribution in [0.15, 0.2) is 12.3 Å². The first kappa shape index (κ1) is 21.5. The van der Waals surface area contributed by atoms with Gasteiger partial charge in [-0.05, 0) is 26.0 Å². The van der Waals surface area contributed by atoms with Crippen molar-refractivity contribution in [3.05, 3.63) is 17.4 Å². The highest BCUT2D eigenvalue weighted by atomic mass is 35.5. The largest absolute Gasteiger partial charge is 0.368 e. The summed E-state index contributed by atoms with van der Waals surface area (Å²) in [6.07, 6.45) is 4.60. The van der Waals surface area contributed by atoms with Gasteiger partial charge in [0, 0.05) is 51.2 Å². The third-order valence-corrected chi connectivity index (χ3v) is 7.76. The molecular formula is C19H28ClN7O2S. The second-order valence-corrected chi connectivity index (χ2v) is 10.4. The van der Waals surface area contributed by atoms with Gasteiger partial charge in [0.05, 0.1) is 17.5 Å². The van der Waals surface area contributed by atoms with Crippen molar-refractivity contribution in [3.8, 4) is 0 Å². The number of hydrogen-bond donors (Lipinski definition) is 1. The molecule has 11 heteroatoms. The van der Waals surface area contributed by atoms with E-state index in [0.717, 1.165) is 50.8 Å². The normalized spacial score (nSPS) is 19.3. The first-order valence-electron chi connectivity index (χ1n) is 10.4. The highest BCUT2D eigenvalue weighted by Gasteiger charge is 2.24. The maximum absolute atomic E-state index is 12.6. The number of nitrogens with one attached hydrogen (secondary N) is 1. The minimum atomic E-state index is -3.28. The molecule has 0 unspecified atom stereocenters. The van der Waals surface area contributed by atoms with Crippen molar-refractivity contribution in [2.45, 2.75) is 19.3 Å². The summed E-state index contributed by atoms with van der Waals surface area (Å²) in [4.78, 5) is 17.9. The van der Waals surface area contributed by atoms with E-state index in [9.17, 15) is 8.42 Å². The van der Waals surface area contributed by atoms with Crippen LogP contribution in [0.3, 0.4) is 0 Å². The second-order valence-electron chi connectivity index (χ2n) is 7.89. The number of likely N-dealkylation sites (N-methyl/N-ethyl adjacent to an activating group) is 1. The fourth-order valence-electron chi connectivity index (χ4n) is 3.85. The molecule has 1 N–H and O–H groups in total. The summed E-state index contributed by atoms with van der Waals surface area (Å²) in [5.41, 5.74) is 0.685. The van der Waals surface area contributed by atoms with Crippen molar-refractivity contribution < 1.29 is 8.42 Å². The number of piperazine rings is 1. The molecule has 30 heavy (non-hydrogen) atoms. The minimum Gasteiger partial charge on any atom is -0.368 e. The third-order valence-electron chi connectivity index (χ3n) is 5.68. The summed E-state index contributed by atoms with van der Waals surface area (Å²) in [7, 11) is -1.18. The van der Waals surface area contributed by atoms with Crippen LogP contribution in [0.1, 0.15) is 19.3 Å². The molecule has 9 nitrogen and oxygen atoms in total. The molecule has 0 aliphatic carbocycles. The average Bonchev–Trinajstić information content (AvgIpc) is 2.75. The van der Waals surface area contributed by atoms with E-state index in [4.69, 9.17) is 16.6 Å². The molecule has 0 bridgehead atoms. The number of sulfonamides is 1. The van der Waals surface area contributed by atoms with Gasteiger partial charge in [-0.2, -0.15) is 4.98 Å². The van der Waals surface area contributed by atoms with Crippen molar-refractivity contribution in [2.75, 3.05) is 68.8 Å². The van der Waals surface area contributed by atoms with Crippen molar-refractivity contribution in [1.29, 1.82) is 0 Å². The number of hydrogen-bond acceptors (Lipinski definition) is 8. The lowest BCUT2D eigenvalue weighted by Crippen LogP contribution is -2.45. The van der Waals surface area contributed by atoms with E-state index in [0.29, 0.717) is 35.5 Å². The SMILES string of the molecule is CN1CCN(c2nc(NCCS(=O)(=O)N3CCCCC3)c3cc(Cl)ncc3n2)CC1. The van der Waals surface area contributed by atoms with Crippen LogP contribution in [-0.4, -0.2) is 91.2 Å². The van der Waals surface area contributed by atoms with E-state index in [2.05, 4.69) is 32.1 Å². The third kappa shape index (κ3) is 4.93. The van der Waals surface area contributed by atoms with Crippen LogP contribution < -0.4 is 10.2 Å². The summed E-state index contributed by atoms with van der Waals surface area (Å²) in [6, 6.07) is 1.71. The van der Waals surface area contributed by atoms with Crippen molar-refractivity contribution in [3.63, 3.8) is 0 Å². The summed E-state index contributed by atoms with van der Waals surface area (Å²) in [5, 5.41) is 4.31. The van der Waals surface area contributed by atoms with Crippen molar-refractivity contribution in [1.82, 2.24) is 24.2 Å². The van der Waals surface area contributed by atoms with Gasteiger partial charge in [0.2, 0.25) is 16.0 Å². The van der Waals surface area contributed by atoms with Gasteiger partial charge in [-0.1, -0.05) is 18.0 Å². The summed E-state index contributed by atoms with van der Waals surface area (Å²) in [5.74, 6) is 1.24. The average molecular weight is 454 g/mol. The number of nitrogens with zero attached hydrogens (tertiary/aromatic N) is 6. The molecule has 2 aliphatic heterocycles. The lowest BCUT2D eigenvalue weighted by molar-refractivity contribution is 0.311. The number of rotatable bonds is 6. The molecule has 0 saturated carbocycles. The fourth-order valence-corrected chi connectivity index (χ4v) is 5.44. The molecule has 0 radical (unpaired) electrons. The zero-order chi connectivity index (χ0) is 21.1. The van der Waals surface area contributed by atoms with Crippen molar-refractivity contribution in [2.24, 2.45) is 0 Å². The number of piperidine rings is 1. The lowest BCUT2D eigenvalue weighted by atomic mass is 10.2. The molecule has 0 amide bonds. The monoisotopic (exact) mass is 453 g/mol. The number of anilines is 2. The molecule has 0 aromatic carbocycles. The van der Waals surface area contributed by atoms with E-state index >= 15 is 0 Å². The number of fused-ring (bicyclic) bond motifs is 1. The molecule has 2 aliphatic rings. The first-order valence-corrected chi connectivity index (χ1v) is 12.4. The Kier molecular flexibility index (Phi) is 6.57. The van der Waals surface area contributed by atoms with E-state index < -0.39 is 10.0 Å². The van der Waals surface area contributed by atoms with Gasteiger partial charge in [0.1, 0.15) is 11.0 Å². The Morgan fingerprint density at radius 3 is 2.53 bits per heavy atom. The molecule has 2 saturated heterocycles. The van der Waals surface area contributed by atoms with Gasteiger partial charge >= 0.3 is 0 Å². The highest BCUT2D eigenvalue weighted by Crippen LogP contribution is 2.26. The Balaban J connectivity index is 1.53. The standard InChI is InChI=1S/C19H28ClN7O2S/c1-25-8-10-26(11-9-25)19-23-16-14-22-17(20)13-15(16)18(24-19)21-5-12-30(28,29)27-6-3-2-4-7-27/h13-14H,2-12H2,1H3,(H,21,23,24). The second kappa shape index (κ2) is 9.17. The van der Waals surface area contributed by atoms with Gasteiger partial charge in [0.15, 0.2) is 0 Å². The predicted molar refractivity (Wildman–Crippen MR) is 120 cm³/mol. The molecule has 164 valence electrons. The molecule has 4 rings (SSSR count). The molecular weight excluding hydrogens is 426 g/mol. The molecule has 0 atom stereocenters. The summed E-state index contributed by atoms with van der Waals surface area (Å²) < 4.78 is 26.9. The number of pyridine rings is 1. The molecule has 0 spiro atoms. The van der Waals surface area contributed by atoms with Gasteiger partial charge < -0.3 is 15.1 Å². The van der Waals surface area contributed by atoms with Crippen LogP contribution in [0.2, 0.25) is 5.15 Å². The van der Waals surface area contributed by atoms with E-state index in [1.54, 1.807) is 16.6 Å². The quantitative estimate of drug-likeness (QED) is 0.660. The van der Waals surface area contributed by atoms with Gasteiger partial charge in [0.25, 0.3) is 0 Å². The van der Waals surface area contributed by atoms with Gasteiger partial charge in [-0.15, -0.1) is 0 Å². The number of aromatic nitrogens is 3. The van der Waals surface area contributed by atoms with Crippen LogP contribution in [0, 0.1) is 0 Å². The Bertz CT molecular complexity index is 990. The fraction of sp³-hybridized carbons (Fsp3) is 0.632. The Labute approximate surface area is 182 Å². The minimum absolute atomic E-state index is 0.0289. The maximum Gasteiger partial charge on any atom is 0.228 e. The summed E-state index contributed by atoms with van der Waals surface area (Å²) in [6.45, 7) is 5.07. The topological polar surface area (TPSA) is 94.6 Å². The van der Waals surface area contributed by atoms with E-state index in [1.807, 2.05) is 0 Å². The summed E-state index contributed by atoms with van der Waals surface area (Å²) >= 11 is 6.09. The zero-order valence-electron chi connectivity index (χ0n) is 17.2. The van der Waals surface area contributed by atoms with Crippen LogP contribution in [0.5, 0.6) is 0 Å². The van der Waals surface area contributed by atoms with Crippen LogP contribution in [0.4, 0.5) is 11.8 Å². The van der Waals surface area contributed by atoms with Crippen molar-refractivity contribution >= 4 is 44.3 Å². The lowest BCUT2D eigenvalue weighted by Gasteiger charge is -2.32. The smallest absolute Gasteiger partial charge is 0.228 e. The van der Waals surface area contributed by atoms with Crippen LogP contribution in [-0.2, 0) is 10.0 Å². The Morgan fingerprint density at radius 2 is 1.80 bits per heavy atom. The highest BCUT2D eigenvalue weighted by molar-refractivity contribution is 7.89. The first-order chi connectivity index (χ1) is 14.4. The molecule has 2 aromatic heterocycles. The molecule has 2 fully saturated rings. The van der Waals surface area contributed by atoms with E-state index in [-0.39, 0.29) is 12.3 Å². The molecule has 4 heterocycles. The Morgan fingerprint density at radius 1 is 1.07 bits per heavy atom. The predicted octanol–water partition coefficient (Wildman–Crippen LogP) is 1.66. The zero-order valence-corrected chi connectivity index (χ0v) is 18.8. The molecule has 2 aromatic rings. The Hall–Kier alpha value is -1.75. The van der Waals surface area contributed by atoms with Crippen LogP contribution >= 0.6 is 11.6 Å². The van der Waals surface area contributed by atoms with Crippen LogP contribution in [0.25, 0.3) is 10.9 Å².